The van der Waals surface area contributed by atoms with Crippen LogP contribution in [0.3, 0.4) is 0 Å². The fourth-order valence-electron chi connectivity index (χ4n) is 1.67. The van der Waals surface area contributed by atoms with Crippen LogP contribution in [0.4, 0.5) is 5.69 Å². The van der Waals surface area contributed by atoms with Crippen LogP contribution in [-0.2, 0) is 19.4 Å². The molecule has 2 N–H and O–H groups in total. The van der Waals surface area contributed by atoms with E-state index in [1.807, 2.05) is 0 Å². The number of pyridine rings is 1. The Morgan fingerprint density at radius 1 is 1.37 bits per heavy atom. The third kappa shape index (κ3) is 3.08. The van der Waals surface area contributed by atoms with Crippen molar-refractivity contribution in [2.45, 2.75) is 11.4 Å². The molecule has 0 aromatic carbocycles. The Kier molecular flexibility index (Phi) is 3.27. The van der Waals surface area contributed by atoms with Gasteiger partial charge in [0.1, 0.15) is 0 Å². The Bertz CT molecular complexity index is 623. The van der Waals surface area contributed by atoms with E-state index in [9.17, 15) is 18.0 Å². The van der Waals surface area contributed by atoms with E-state index in [0.717, 1.165) is 6.26 Å². The van der Waals surface area contributed by atoms with Gasteiger partial charge in [0.15, 0.2) is 14.9 Å². The fraction of sp³-hybridized carbons (Fsp3) is 0.364. The van der Waals surface area contributed by atoms with Crippen LogP contribution in [0, 0.1) is 11.8 Å². The van der Waals surface area contributed by atoms with Gasteiger partial charge in [0.25, 0.3) is 0 Å². The summed E-state index contributed by atoms with van der Waals surface area (Å²) in [5, 5.41) is 11.1. The van der Waals surface area contributed by atoms with Gasteiger partial charge in [0, 0.05) is 6.26 Å². The zero-order valence-electron chi connectivity index (χ0n) is 10.0. The molecule has 1 heterocycles. The lowest BCUT2D eigenvalue weighted by Gasteiger charge is -2.04. The number of carbonyl (C=O) groups is 2. The third-order valence-corrected chi connectivity index (χ3v) is 3.83. The number of nitrogens with one attached hydrogen (secondary N) is 1. The largest absolute Gasteiger partial charge is 0.481 e. The summed E-state index contributed by atoms with van der Waals surface area (Å²) >= 11 is 0. The van der Waals surface area contributed by atoms with Crippen LogP contribution < -0.4 is 5.32 Å². The van der Waals surface area contributed by atoms with Crippen LogP contribution in [0.25, 0.3) is 0 Å². The number of aromatic nitrogens is 1. The average Bonchev–Trinajstić information content (AvgIpc) is 3.08. The summed E-state index contributed by atoms with van der Waals surface area (Å²) in [5.41, 5.74) is 0.341. The number of rotatable bonds is 4. The molecular formula is C11H12N2O5S. The molecule has 1 saturated carbocycles. The summed E-state index contributed by atoms with van der Waals surface area (Å²) in [6.45, 7) is 0. The number of sulfone groups is 1. The van der Waals surface area contributed by atoms with Crippen LogP contribution in [0.15, 0.2) is 23.4 Å². The molecule has 19 heavy (non-hydrogen) atoms. The molecule has 0 spiro atoms. The zero-order valence-corrected chi connectivity index (χ0v) is 10.8. The third-order valence-electron chi connectivity index (χ3n) is 2.83. The van der Waals surface area contributed by atoms with E-state index in [1.165, 1.54) is 18.3 Å². The monoisotopic (exact) mass is 284 g/mol. The second-order valence-corrected chi connectivity index (χ2v) is 6.40. The minimum atomic E-state index is -3.37. The van der Waals surface area contributed by atoms with Crippen molar-refractivity contribution in [3.8, 4) is 0 Å². The van der Waals surface area contributed by atoms with Gasteiger partial charge in [-0.05, 0) is 18.6 Å². The van der Waals surface area contributed by atoms with Crippen molar-refractivity contribution in [3.63, 3.8) is 0 Å². The predicted octanol–water partition coefficient (Wildman–Crippen LogP) is 0.144. The van der Waals surface area contributed by atoms with Gasteiger partial charge < -0.3 is 10.4 Å². The number of anilines is 1. The molecule has 8 heteroatoms. The Hall–Kier alpha value is -1.96. The molecule has 2 rings (SSSR count). The molecule has 2 atom stereocenters. The van der Waals surface area contributed by atoms with Crippen molar-refractivity contribution in [2.75, 3.05) is 11.6 Å². The topological polar surface area (TPSA) is 113 Å². The Morgan fingerprint density at radius 3 is 2.47 bits per heavy atom. The minimum absolute atomic E-state index is 0.0830. The highest BCUT2D eigenvalue weighted by Crippen LogP contribution is 2.39. The zero-order chi connectivity index (χ0) is 14.2. The standard InChI is InChI=1S/C11H12N2O5S/c1-19(17,18)9-3-2-6(5-12-9)13-10(14)7-4-8(7)11(15)16/h2-3,5,7-8H,4H2,1H3,(H,13,14)(H,15,16)/t7-,8+/m1/s1. The highest BCUT2D eigenvalue weighted by molar-refractivity contribution is 7.90. The Labute approximate surface area is 109 Å². The van der Waals surface area contributed by atoms with E-state index >= 15 is 0 Å². The maximum atomic E-state index is 11.7. The van der Waals surface area contributed by atoms with Crippen molar-refractivity contribution < 1.29 is 23.1 Å². The first-order valence-electron chi connectivity index (χ1n) is 5.49. The van der Waals surface area contributed by atoms with Crippen molar-refractivity contribution in [1.29, 1.82) is 0 Å². The first kappa shape index (κ1) is 13.5. The smallest absolute Gasteiger partial charge is 0.307 e. The van der Waals surface area contributed by atoms with E-state index in [-0.39, 0.29) is 10.9 Å². The normalized spacial score (nSPS) is 21.7. The molecule has 1 aliphatic rings. The highest BCUT2D eigenvalue weighted by atomic mass is 32.2. The summed E-state index contributed by atoms with van der Waals surface area (Å²) < 4.78 is 22.4. The van der Waals surface area contributed by atoms with Gasteiger partial charge in [-0.25, -0.2) is 13.4 Å². The lowest BCUT2D eigenvalue weighted by atomic mass is 10.3. The van der Waals surface area contributed by atoms with Crippen molar-refractivity contribution >= 4 is 27.4 Å². The molecule has 7 nitrogen and oxygen atoms in total. The maximum absolute atomic E-state index is 11.7. The van der Waals surface area contributed by atoms with Gasteiger partial charge >= 0.3 is 5.97 Å². The summed E-state index contributed by atoms with van der Waals surface area (Å²) in [7, 11) is -3.37. The van der Waals surface area contributed by atoms with E-state index in [1.54, 1.807) is 0 Å². The van der Waals surface area contributed by atoms with E-state index in [2.05, 4.69) is 10.3 Å². The lowest BCUT2D eigenvalue weighted by Crippen LogP contribution is -2.17. The number of carbonyl (C=O) groups excluding carboxylic acids is 1. The van der Waals surface area contributed by atoms with Gasteiger partial charge in [-0.1, -0.05) is 0 Å². The molecule has 0 radical (unpaired) electrons. The molecule has 0 bridgehead atoms. The van der Waals surface area contributed by atoms with Gasteiger partial charge in [0.05, 0.1) is 23.7 Å². The predicted molar refractivity (Wildman–Crippen MR) is 65.2 cm³/mol. The molecule has 102 valence electrons. The van der Waals surface area contributed by atoms with Crippen molar-refractivity contribution in [1.82, 2.24) is 4.98 Å². The number of carboxylic acid groups (broad SMARTS) is 1. The molecule has 0 unspecified atom stereocenters. The number of amides is 1. The Balaban J connectivity index is 2.01. The number of carboxylic acids is 1. The molecule has 1 fully saturated rings. The van der Waals surface area contributed by atoms with Crippen LogP contribution in [0.5, 0.6) is 0 Å². The quantitative estimate of drug-likeness (QED) is 0.813. The molecule has 1 aromatic heterocycles. The molecule has 1 amide bonds. The van der Waals surface area contributed by atoms with Crippen molar-refractivity contribution in [3.05, 3.63) is 18.3 Å². The van der Waals surface area contributed by atoms with Crippen LogP contribution in [0.1, 0.15) is 6.42 Å². The highest BCUT2D eigenvalue weighted by Gasteiger charge is 2.48. The van der Waals surface area contributed by atoms with E-state index in [0.29, 0.717) is 12.1 Å². The second kappa shape index (κ2) is 4.61. The average molecular weight is 284 g/mol. The van der Waals surface area contributed by atoms with Gasteiger partial charge in [-0.3, -0.25) is 9.59 Å². The lowest BCUT2D eigenvalue weighted by molar-refractivity contribution is -0.139. The van der Waals surface area contributed by atoms with Crippen LogP contribution in [-0.4, -0.2) is 36.6 Å². The van der Waals surface area contributed by atoms with Crippen LogP contribution in [0.2, 0.25) is 0 Å². The summed E-state index contributed by atoms with van der Waals surface area (Å²) in [6.07, 6.45) is 2.59. The van der Waals surface area contributed by atoms with Gasteiger partial charge in [0.2, 0.25) is 5.91 Å². The molecule has 1 aliphatic carbocycles. The second-order valence-electron chi connectivity index (χ2n) is 4.43. The maximum Gasteiger partial charge on any atom is 0.307 e. The molecule has 1 aromatic rings. The SMILES string of the molecule is CS(=O)(=O)c1ccc(NC(=O)[C@@H]2C[C@@H]2C(=O)O)cn1. The summed E-state index contributed by atoms with van der Waals surface area (Å²) in [6, 6.07) is 2.70. The Morgan fingerprint density at radius 2 is 2.05 bits per heavy atom. The van der Waals surface area contributed by atoms with Gasteiger partial charge in [-0.15, -0.1) is 0 Å². The number of hydrogen-bond donors (Lipinski definition) is 2. The first-order valence-corrected chi connectivity index (χ1v) is 7.38. The minimum Gasteiger partial charge on any atom is -0.481 e. The summed E-state index contributed by atoms with van der Waals surface area (Å²) in [4.78, 5) is 26.0. The summed E-state index contributed by atoms with van der Waals surface area (Å²) in [5.74, 6) is -2.51. The molecular weight excluding hydrogens is 272 g/mol. The number of aliphatic carboxylic acids is 1. The van der Waals surface area contributed by atoms with Crippen molar-refractivity contribution in [2.24, 2.45) is 11.8 Å². The van der Waals surface area contributed by atoms with E-state index in [4.69, 9.17) is 5.11 Å². The van der Waals surface area contributed by atoms with Gasteiger partial charge in [-0.2, -0.15) is 0 Å². The molecule has 0 aliphatic heterocycles. The molecule has 0 saturated heterocycles. The van der Waals surface area contributed by atoms with E-state index < -0.39 is 27.6 Å². The number of hydrogen-bond acceptors (Lipinski definition) is 5. The fourth-order valence-corrected chi connectivity index (χ4v) is 2.23. The number of nitrogens with zero attached hydrogens (tertiary/aromatic N) is 1. The van der Waals surface area contributed by atoms with Crippen LogP contribution >= 0.6 is 0 Å². The first-order chi connectivity index (χ1) is 8.79.